The smallest absolute Gasteiger partial charge is 0.303 e. The summed E-state index contributed by atoms with van der Waals surface area (Å²) < 4.78 is 5.87. The Labute approximate surface area is 118 Å². The fraction of sp³-hybridized carbons (Fsp3) is 0.235. The summed E-state index contributed by atoms with van der Waals surface area (Å²) in [6.45, 7) is 0. The molecule has 2 aromatic carbocycles. The first kappa shape index (κ1) is 14.1. The van der Waals surface area contributed by atoms with Crippen molar-refractivity contribution in [2.24, 2.45) is 0 Å². The van der Waals surface area contributed by atoms with Gasteiger partial charge in [0.2, 0.25) is 0 Å². The maximum Gasteiger partial charge on any atom is 0.303 e. The van der Waals surface area contributed by atoms with E-state index in [1.807, 2.05) is 54.6 Å². The van der Waals surface area contributed by atoms with Crippen LogP contribution in [-0.4, -0.2) is 11.1 Å². The number of benzene rings is 2. The van der Waals surface area contributed by atoms with Crippen molar-refractivity contribution >= 4 is 5.97 Å². The van der Waals surface area contributed by atoms with E-state index in [1.165, 1.54) is 0 Å². The number of unbranched alkanes of at least 4 members (excludes halogenated alkanes) is 1. The molecule has 0 fully saturated rings. The van der Waals surface area contributed by atoms with Gasteiger partial charge in [0.25, 0.3) is 0 Å². The molecule has 0 heterocycles. The van der Waals surface area contributed by atoms with Crippen molar-refractivity contribution in [3.63, 3.8) is 0 Å². The summed E-state index contributed by atoms with van der Waals surface area (Å²) in [7, 11) is 0. The Balaban J connectivity index is 1.97. The molecule has 0 unspecified atom stereocenters. The summed E-state index contributed by atoms with van der Waals surface area (Å²) in [5.74, 6) is 0.915. The van der Waals surface area contributed by atoms with Crippen LogP contribution < -0.4 is 4.74 Å². The van der Waals surface area contributed by atoms with Gasteiger partial charge >= 0.3 is 5.97 Å². The summed E-state index contributed by atoms with van der Waals surface area (Å²) in [5.41, 5.74) is 1.11. The van der Waals surface area contributed by atoms with Crippen molar-refractivity contribution in [1.29, 1.82) is 0 Å². The fourth-order valence-electron chi connectivity index (χ4n) is 2.02. The quantitative estimate of drug-likeness (QED) is 0.764. The van der Waals surface area contributed by atoms with Crippen LogP contribution in [0.4, 0.5) is 0 Å². The van der Waals surface area contributed by atoms with Gasteiger partial charge in [-0.1, -0.05) is 36.4 Å². The van der Waals surface area contributed by atoms with Gasteiger partial charge < -0.3 is 9.84 Å². The van der Waals surface area contributed by atoms with Crippen molar-refractivity contribution in [1.82, 2.24) is 0 Å². The van der Waals surface area contributed by atoms with E-state index in [2.05, 4.69) is 0 Å². The van der Waals surface area contributed by atoms with E-state index < -0.39 is 5.97 Å². The summed E-state index contributed by atoms with van der Waals surface area (Å²) in [6, 6.07) is 17.5. The highest BCUT2D eigenvalue weighted by Gasteiger charge is 2.05. The number of hydrogen-bond donors (Lipinski definition) is 1. The number of para-hydroxylation sites is 2. The molecule has 0 aliphatic heterocycles. The number of rotatable bonds is 7. The first-order chi connectivity index (χ1) is 9.75. The number of aryl methyl sites for hydroxylation is 1. The lowest BCUT2D eigenvalue weighted by atomic mass is 10.1. The SMILES string of the molecule is O=C(O)CCCCc1ccccc1Oc1ccccc1. The highest BCUT2D eigenvalue weighted by Crippen LogP contribution is 2.26. The van der Waals surface area contributed by atoms with Gasteiger partial charge in [0, 0.05) is 6.42 Å². The minimum absolute atomic E-state index is 0.224. The van der Waals surface area contributed by atoms with Gasteiger partial charge in [-0.25, -0.2) is 0 Å². The van der Waals surface area contributed by atoms with Crippen molar-refractivity contribution in [3.05, 3.63) is 60.2 Å². The Morgan fingerprint density at radius 2 is 1.65 bits per heavy atom. The van der Waals surface area contributed by atoms with E-state index >= 15 is 0 Å². The van der Waals surface area contributed by atoms with E-state index in [0.29, 0.717) is 6.42 Å². The van der Waals surface area contributed by atoms with E-state index in [4.69, 9.17) is 9.84 Å². The molecule has 104 valence electrons. The lowest BCUT2D eigenvalue weighted by Crippen LogP contribution is -1.96. The van der Waals surface area contributed by atoms with Crippen LogP contribution in [0.5, 0.6) is 11.5 Å². The molecule has 3 heteroatoms. The van der Waals surface area contributed by atoms with Gasteiger partial charge in [-0.15, -0.1) is 0 Å². The third-order valence-electron chi connectivity index (χ3n) is 3.03. The molecule has 0 spiro atoms. The summed E-state index contributed by atoms with van der Waals surface area (Å²) in [4.78, 5) is 10.5. The van der Waals surface area contributed by atoms with Gasteiger partial charge in [-0.3, -0.25) is 4.79 Å². The first-order valence-corrected chi connectivity index (χ1v) is 6.78. The molecular weight excluding hydrogens is 252 g/mol. The summed E-state index contributed by atoms with van der Waals surface area (Å²) in [5, 5.41) is 8.64. The number of carboxylic acid groups (broad SMARTS) is 1. The van der Waals surface area contributed by atoms with Crippen LogP contribution in [0.3, 0.4) is 0 Å². The molecule has 0 amide bonds. The first-order valence-electron chi connectivity index (χ1n) is 6.78. The maximum absolute atomic E-state index is 10.5. The zero-order valence-electron chi connectivity index (χ0n) is 11.3. The normalized spacial score (nSPS) is 10.2. The predicted molar refractivity (Wildman–Crippen MR) is 78.1 cm³/mol. The van der Waals surface area contributed by atoms with Crippen molar-refractivity contribution in [2.45, 2.75) is 25.7 Å². The minimum Gasteiger partial charge on any atom is -0.481 e. The van der Waals surface area contributed by atoms with Gasteiger partial charge in [-0.05, 0) is 43.0 Å². The van der Waals surface area contributed by atoms with Crippen LogP contribution in [0.15, 0.2) is 54.6 Å². The lowest BCUT2D eigenvalue weighted by Gasteiger charge is -2.10. The van der Waals surface area contributed by atoms with E-state index in [0.717, 1.165) is 29.9 Å². The van der Waals surface area contributed by atoms with Crippen LogP contribution >= 0.6 is 0 Å². The second-order valence-corrected chi connectivity index (χ2v) is 4.62. The number of aliphatic carboxylic acids is 1. The third kappa shape index (κ3) is 4.43. The zero-order valence-corrected chi connectivity index (χ0v) is 11.3. The number of ether oxygens (including phenoxy) is 1. The third-order valence-corrected chi connectivity index (χ3v) is 3.03. The molecule has 0 radical (unpaired) electrons. The molecule has 1 N–H and O–H groups in total. The second-order valence-electron chi connectivity index (χ2n) is 4.62. The van der Waals surface area contributed by atoms with Gasteiger partial charge in [0.1, 0.15) is 11.5 Å². The van der Waals surface area contributed by atoms with E-state index in [9.17, 15) is 4.79 Å². The van der Waals surface area contributed by atoms with Crippen molar-refractivity contribution in [3.8, 4) is 11.5 Å². The molecule has 0 aliphatic rings. The summed E-state index contributed by atoms with van der Waals surface area (Å²) in [6.07, 6.45) is 2.59. The standard InChI is InChI=1S/C17H18O3/c18-17(19)13-7-5-9-14-8-4-6-12-16(14)20-15-10-2-1-3-11-15/h1-4,6,8,10-12H,5,7,9,13H2,(H,18,19). The van der Waals surface area contributed by atoms with Gasteiger partial charge in [-0.2, -0.15) is 0 Å². The van der Waals surface area contributed by atoms with E-state index in [-0.39, 0.29) is 6.42 Å². The highest BCUT2D eigenvalue weighted by molar-refractivity contribution is 5.66. The van der Waals surface area contributed by atoms with Crippen LogP contribution in [0.2, 0.25) is 0 Å². The Hall–Kier alpha value is -2.29. The fourth-order valence-corrected chi connectivity index (χ4v) is 2.02. The van der Waals surface area contributed by atoms with Crippen LogP contribution in [0.25, 0.3) is 0 Å². The maximum atomic E-state index is 10.5. The topological polar surface area (TPSA) is 46.5 Å². The number of carbonyl (C=O) groups is 1. The average molecular weight is 270 g/mol. The van der Waals surface area contributed by atoms with Crippen LogP contribution in [-0.2, 0) is 11.2 Å². The average Bonchev–Trinajstić information content (AvgIpc) is 2.46. The molecule has 0 atom stereocenters. The van der Waals surface area contributed by atoms with Crippen molar-refractivity contribution < 1.29 is 14.6 Å². The number of carboxylic acids is 1. The Bertz CT molecular complexity index is 549. The lowest BCUT2D eigenvalue weighted by molar-refractivity contribution is -0.137. The molecular formula is C17H18O3. The molecule has 0 saturated heterocycles. The van der Waals surface area contributed by atoms with Crippen LogP contribution in [0.1, 0.15) is 24.8 Å². The molecule has 0 aliphatic carbocycles. The van der Waals surface area contributed by atoms with Gasteiger partial charge in [0.15, 0.2) is 0 Å². The molecule has 2 aromatic rings. The molecule has 2 rings (SSSR count). The molecule has 0 saturated carbocycles. The largest absolute Gasteiger partial charge is 0.481 e. The molecule has 0 aromatic heterocycles. The molecule has 0 bridgehead atoms. The Morgan fingerprint density at radius 3 is 2.40 bits per heavy atom. The predicted octanol–water partition coefficient (Wildman–Crippen LogP) is 4.28. The molecule has 20 heavy (non-hydrogen) atoms. The zero-order chi connectivity index (χ0) is 14.2. The van der Waals surface area contributed by atoms with Crippen LogP contribution in [0, 0.1) is 0 Å². The minimum atomic E-state index is -0.737. The van der Waals surface area contributed by atoms with Crippen molar-refractivity contribution in [2.75, 3.05) is 0 Å². The summed E-state index contributed by atoms with van der Waals surface area (Å²) >= 11 is 0. The second kappa shape index (κ2) is 7.34. The Morgan fingerprint density at radius 1 is 0.950 bits per heavy atom. The van der Waals surface area contributed by atoms with Gasteiger partial charge in [0.05, 0.1) is 0 Å². The number of hydrogen-bond acceptors (Lipinski definition) is 2. The Kier molecular flexibility index (Phi) is 5.18. The molecule has 3 nitrogen and oxygen atoms in total. The monoisotopic (exact) mass is 270 g/mol. The van der Waals surface area contributed by atoms with E-state index in [1.54, 1.807) is 0 Å². The highest BCUT2D eigenvalue weighted by atomic mass is 16.5.